The molecule has 3 aliphatic heterocycles. The van der Waals surface area contributed by atoms with E-state index >= 15 is 0 Å². The van der Waals surface area contributed by atoms with Gasteiger partial charge in [0.1, 0.15) is 17.1 Å². The van der Waals surface area contributed by atoms with E-state index in [9.17, 15) is 64.0 Å². The molecular formula is C29H31ClN10O14S2. The van der Waals surface area contributed by atoms with Crippen LogP contribution in [-0.4, -0.2) is 158 Å². The van der Waals surface area contributed by atoms with Gasteiger partial charge in [-0.25, -0.2) is 29.4 Å². The van der Waals surface area contributed by atoms with Gasteiger partial charge in [-0.2, -0.15) is 0 Å². The molecule has 27 heteroatoms. The van der Waals surface area contributed by atoms with Crippen molar-refractivity contribution >= 4 is 93.0 Å². The molecule has 24 nitrogen and oxygen atoms in total. The number of aliphatic carboxylic acids is 2. The number of nitrogens with one attached hydrogen (secondary N) is 3. The van der Waals surface area contributed by atoms with E-state index < -0.39 is 111 Å². The van der Waals surface area contributed by atoms with E-state index in [2.05, 4.69) is 20.8 Å². The van der Waals surface area contributed by atoms with Crippen LogP contribution in [0.4, 0.5) is 9.93 Å². The number of oxime groups is 1. The lowest BCUT2D eigenvalue weighted by molar-refractivity contribution is -0.171. The molecule has 3 aliphatic rings. The van der Waals surface area contributed by atoms with Crippen LogP contribution in [0, 0.1) is 0 Å². The van der Waals surface area contributed by atoms with Crippen LogP contribution in [0.2, 0.25) is 5.02 Å². The predicted octanol–water partition coefficient (Wildman–Crippen LogP) is -2.03. The van der Waals surface area contributed by atoms with Crippen molar-refractivity contribution in [3.05, 3.63) is 33.8 Å². The zero-order chi connectivity index (χ0) is 41.4. The number of carbonyl (C=O) groups excluding carboxylic acids is 6. The first-order valence-corrected chi connectivity index (χ1v) is 18.0. The van der Waals surface area contributed by atoms with Gasteiger partial charge in [-0.3, -0.25) is 39.5 Å². The molecule has 4 heterocycles. The van der Waals surface area contributed by atoms with Crippen molar-refractivity contribution < 1.29 is 68.8 Å². The number of nitrogens with two attached hydrogens (primary N) is 1. The quantitative estimate of drug-likeness (QED) is 0.0262. The van der Waals surface area contributed by atoms with Gasteiger partial charge in [0.2, 0.25) is 16.4 Å². The first kappa shape index (κ1) is 41.1. The summed E-state index contributed by atoms with van der Waals surface area (Å²) in [6, 6.07) is -0.327. The maximum Gasteiger partial charge on any atom is 0.350 e. The Labute approximate surface area is 326 Å². The molecule has 7 amide bonds. The Morgan fingerprint density at radius 2 is 1.84 bits per heavy atom. The number of aromatic hydroxyl groups is 2. The molecule has 0 bridgehead atoms. The van der Waals surface area contributed by atoms with Gasteiger partial charge in [-0.15, -0.1) is 11.3 Å². The first-order chi connectivity index (χ1) is 26.2. The molecular weight excluding hydrogens is 812 g/mol. The first-order valence-electron chi connectivity index (χ1n) is 15.8. The number of carboxylic acids is 2. The van der Waals surface area contributed by atoms with Crippen LogP contribution < -0.4 is 21.8 Å². The zero-order valence-electron chi connectivity index (χ0n) is 28.8. The molecule has 3 atom stereocenters. The van der Waals surface area contributed by atoms with Crippen molar-refractivity contribution in [2.75, 3.05) is 38.5 Å². The van der Waals surface area contributed by atoms with E-state index in [0.717, 1.165) is 33.3 Å². The third kappa shape index (κ3) is 7.70. The zero-order valence-corrected chi connectivity index (χ0v) is 31.2. The highest BCUT2D eigenvalue weighted by molar-refractivity contribution is 8.02. The number of thiazole rings is 1. The lowest BCUT2D eigenvalue weighted by Crippen LogP contribution is -2.68. The van der Waals surface area contributed by atoms with Crippen LogP contribution >= 0.6 is 34.7 Å². The summed E-state index contributed by atoms with van der Waals surface area (Å²) in [6.07, 6.45) is 0. The number of hydroxylamine groups is 2. The fourth-order valence-electron chi connectivity index (χ4n) is 5.28. The van der Waals surface area contributed by atoms with Crippen molar-refractivity contribution in [1.29, 1.82) is 0 Å². The Morgan fingerprint density at radius 1 is 1.14 bits per heavy atom. The van der Waals surface area contributed by atoms with Gasteiger partial charge in [0, 0.05) is 18.5 Å². The highest BCUT2D eigenvalue weighted by Gasteiger charge is 2.66. The number of halogens is 1. The van der Waals surface area contributed by atoms with E-state index in [-0.39, 0.29) is 34.5 Å². The molecule has 10 N–H and O–H groups in total. The Morgan fingerprint density at radius 3 is 2.46 bits per heavy atom. The summed E-state index contributed by atoms with van der Waals surface area (Å²) in [6.45, 7) is 0.0730. The van der Waals surface area contributed by atoms with E-state index in [1.807, 2.05) is 5.43 Å². The van der Waals surface area contributed by atoms with Crippen molar-refractivity contribution in [1.82, 2.24) is 40.9 Å². The number of nitrogen functional groups attached to an aromatic ring is 1. The fraction of sp³-hybridized carbons (Fsp3) is 0.379. The van der Waals surface area contributed by atoms with Crippen LogP contribution in [0.15, 0.2) is 22.7 Å². The molecule has 0 aliphatic carbocycles. The standard InChI is InChI=1S/C29H31ClN10O14S2/c1-28(2,24(48)49)54-36-15(12-9-55-26(31)33-12)19(44)34-16-21(46)37-10-29(25(50)51,56-23(16)37)38-7-8-39(27(38)52)35-20(45)22(47)40(53)6-5-32-18(43)11-3-4-13(41)17(42)14(11)30/h3-4,9,16,23,41-42,53H,5-8,10H2,1-2H3,(H2,31,33)(H,32,43)(H,34,44)(H,35,45)(H,48,49)(H,50,51)/b36-15-/t16-,23-,29-/m1/s1. The van der Waals surface area contributed by atoms with Crippen molar-refractivity contribution in [2.45, 2.75) is 35.7 Å². The number of nitrogens with zero attached hydrogens (tertiary/aromatic N) is 6. The van der Waals surface area contributed by atoms with E-state index in [4.69, 9.17) is 22.2 Å². The third-order valence-electron chi connectivity index (χ3n) is 8.38. The molecule has 56 heavy (non-hydrogen) atoms. The number of anilines is 1. The van der Waals surface area contributed by atoms with Crippen molar-refractivity contribution in [3.8, 4) is 11.5 Å². The number of hydrogen-bond acceptors (Lipinski definition) is 17. The number of rotatable bonds is 13. The largest absolute Gasteiger partial charge is 0.504 e. The Kier molecular flexibility index (Phi) is 11.4. The minimum Gasteiger partial charge on any atom is -0.504 e. The minimum absolute atomic E-state index is 0.0301. The summed E-state index contributed by atoms with van der Waals surface area (Å²) in [5.74, 6) is -9.99. The van der Waals surface area contributed by atoms with Crippen molar-refractivity contribution in [2.24, 2.45) is 5.16 Å². The number of carboxylic acid groups (broad SMARTS) is 2. The average molecular weight is 843 g/mol. The second-order valence-corrected chi connectivity index (χ2v) is 15.1. The number of urea groups is 1. The van der Waals surface area contributed by atoms with Gasteiger partial charge in [0.05, 0.1) is 30.2 Å². The summed E-state index contributed by atoms with van der Waals surface area (Å²) in [7, 11) is 0. The van der Waals surface area contributed by atoms with Gasteiger partial charge in [-0.05, 0) is 26.0 Å². The molecule has 0 unspecified atom stereocenters. The molecule has 3 saturated heterocycles. The van der Waals surface area contributed by atoms with Crippen LogP contribution in [0.5, 0.6) is 11.5 Å². The number of thioether (sulfide) groups is 1. The number of benzene rings is 1. The van der Waals surface area contributed by atoms with Crippen LogP contribution in [0.25, 0.3) is 0 Å². The Balaban J connectivity index is 1.19. The Bertz CT molecular complexity index is 2070. The summed E-state index contributed by atoms with van der Waals surface area (Å²) in [5, 5.41) is 57.8. The number of fused-ring (bicyclic) bond motifs is 1. The van der Waals surface area contributed by atoms with Gasteiger partial charge in [0.15, 0.2) is 22.3 Å². The maximum atomic E-state index is 13.4. The topological polar surface area (TPSA) is 347 Å². The molecule has 1 aromatic carbocycles. The normalized spacial score (nSPS) is 20.6. The monoisotopic (exact) mass is 842 g/mol. The number of amides is 7. The van der Waals surface area contributed by atoms with Crippen LogP contribution in [0.3, 0.4) is 0 Å². The molecule has 0 saturated carbocycles. The number of hydrazine groups is 1. The van der Waals surface area contributed by atoms with Crippen LogP contribution in [0.1, 0.15) is 29.9 Å². The van der Waals surface area contributed by atoms with E-state index in [0.29, 0.717) is 16.8 Å². The Hall–Kier alpha value is -6.12. The number of aromatic nitrogens is 1. The van der Waals surface area contributed by atoms with Gasteiger partial charge in [0.25, 0.3) is 11.8 Å². The predicted molar refractivity (Wildman–Crippen MR) is 189 cm³/mol. The summed E-state index contributed by atoms with van der Waals surface area (Å²) >= 11 is 7.41. The number of β-lactam (4-membered cyclic amide) rings is 1. The molecule has 3 fully saturated rings. The van der Waals surface area contributed by atoms with Crippen molar-refractivity contribution in [3.63, 3.8) is 0 Å². The van der Waals surface area contributed by atoms with E-state index in [1.54, 1.807) is 0 Å². The maximum absolute atomic E-state index is 13.4. The lowest BCUT2D eigenvalue weighted by atomic mass is 10.1. The summed E-state index contributed by atoms with van der Waals surface area (Å²) in [4.78, 5) is 111. The number of carbonyl (C=O) groups is 8. The smallest absolute Gasteiger partial charge is 0.350 e. The number of phenols is 2. The van der Waals surface area contributed by atoms with Gasteiger partial charge < -0.3 is 46.5 Å². The lowest BCUT2D eigenvalue weighted by Gasteiger charge is -2.41. The minimum atomic E-state index is -2.13. The second kappa shape index (κ2) is 15.6. The average Bonchev–Trinajstić information content (AvgIpc) is 3.84. The fourth-order valence-corrected chi connectivity index (χ4v) is 7.71. The highest BCUT2D eigenvalue weighted by Crippen LogP contribution is 2.49. The van der Waals surface area contributed by atoms with E-state index in [1.165, 1.54) is 19.2 Å². The third-order valence-corrected chi connectivity index (χ3v) is 11.1. The highest BCUT2D eigenvalue weighted by atomic mass is 35.5. The number of phenolic OH excluding ortho intramolecular Hbond substituents is 2. The molecule has 2 aromatic rings. The number of hydrogen-bond donors (Lipinski definition) is 9. The second-order valence-electron chi connectivity index (χ2n) is 12.4. The summed E-state index contributed by atoms with van der Waals surface area (Å²) < 4.78 is 0. The molecule has 1 aromatic heterocycles. The summed E-state index contributed by atoms with van der Waals surface area (Å²) in [5.41, 5.74) is 4.90. The van der Waals surface area contributed by atoms with Gasteiger partial charge in [-0.1, -0.05) is 28.5 Å². The van der Waals surface area contributed by atoms with Crippen LogP contribution in [-0.2, 0) is 33.6 Å². The SMILES string of the molecule is CC(C)(O/N=C(\C(=O)N[C@@H]1C(=O)N2C[C@@](C(=O)O)(N3CCN(NC(=O)C(=O)N(O)CCNC(=O)c4ccc(O)c(O)c4Cl)C3=O)S[C@H]12)c1csc(N)n1)C(=O)O. The van der Waals surface area contributed by atoms with Gasteiger partial charge >= 0.3 is 29.8 Å². The molecule has 0 spiro atoms. The molecule has 5 rings (SSSR count). The molecule has 0 radical (unpaired) electrons. The molecule has 300 valence electrons.